The van der Waals surface area contributed by atoms with Crippen LogP contribution in [0.3, 0.4) is 0 Å². The Morgan fingerprint density at radius 1 is 0.885 bits per heavy atom. The van der Waals surface area contributed by atoms with Crippen LogP contribution in [0, 0.1) is 26.2 Å². The van der Waals surface area contributed by atoms with Gasteiger partial charge in [0, 0.05) is 38.3 Å². The Morgan fingerprint density at radius 3 is 2.15 bits per heavy atom. The molecule has 1 aliphatic rings. The lowest BCUT2D eigenvalue weighted by Gasteiger charge is -2.36. The van der Waals surface area contributed by atoms with Crippen molar-refractivity contribution in [1.29, 1.82) is 5.41 Å². The van der Waals surface area contributed by atoms with Gasteiger partial charge < -0.3 is 9.64 Å². The lowest BCUT2D eigenvalue weighted by Crippen LogP contribution is -2.49. The summed E-state index contributed by atoms with van der Waals surface area (Å²) < 4.78 is 6.03. The average Bonchev–Trinajstić information content (AvgIpc) is 2.64. The second kappa shape index (κ2) is 8.37. The molecule has 0 unspecified atom stereocenters. The normalized spacial score (nSPS) is 15.1. The minimum Gasteiger partial charge on any atom is -0.492 e. The molecule has 1 saturated heterocycles. The molecule has 4 heteroatoms. The van der Waals surface area contributed by atoms with E-state index < -0.39 is 0 Å². The molecule has 1 N–H and O–H groups in total. The predicted molar refractivity (Wildman–Crippen MR) is 107 cm³/mol. The largest absolute Gasteiger partial charge is 0.492 e. The summed E-state index contributed by atoms with van der Waals surface area (Å²) in [6, 6.07) is 14.4. The second-order valence-corrected chi connectivity index (χ2v) is 7.06. The highest BCUT2D eigenvalue weighted by Gasteiger charge is 2.20. The van der Waals surface area contributed by atoms with Gasteiger partial charge in [0.25, 0.3) is 0 Å². The molecule has 0 radical (unpaired) electrons. The van der Waals surface area contributed by atoms with Gasteiger partial charge in [-0.3, -0.25) is 10.3 Å². The van der Waals surface area contributed by atoms with Gasteiger partial charge in [-0.2, -0.15) is 0 Å². The fraction of sp³-hybridized carbons (Fsp3) is 0.409. The summed E-state index contributed by atoms with van der Waals surface area (Å²) in [5, 5.41) is 8.51. The van der Waals surface area contributed by atoms with Crippen LogP contribution in [0.2, 0.25) is 0 Å². The van der Waals surface area contributed by atoms with Crippen LogP contribution in [-0.2, 0) is 0 Å². The molecule has 2 aromatic carbocycles. The molecule has 2 aromatic rings. The molecule has 1 aliphatic heterocycles. The Kier molecular flexibility index (Phi) is 5.94. The zero-order chi connectivity index (χ0) is 18.5. The van der Waals surface area contributed by atoms with Gasteiger partial charge in [0.15, 0.2) is 0 Å². The van der Waals surface area contributed by atoms with Gasteiger partial charge in [0.2, 0.25) is 0 Å². The molecule has 0 spiro atoms. The maximum absolute atomic E-state index is 8.51. The minimum absolute atomic E-state index is 0.648. The maximum atomic E-state index is 8.51. The number of para-hydroxylation sites is 1. The van der Waals surface area contributed by atoms with E-state index in [0.29, 0.717) is 12.4 Å². The third-order valence-electron chi connectivity index (χ3n) is 5.15. The van der Waals surface area contributed by atoms with Gasteiger partial charge in [-0.1, -0.05) is 42.5 Å². The van der Waals surface area contributed by atoms with Gasteiger partial charge in [-0.15, -0.1) is 0 Å². The maximum Gasteiger partial charge on any atom is 0.128 e. The third-order valence-corrected chi connectivity index (χ3v) is 5.15. The van der Waals surface area contributed by atoms with Crippen LogP contribution in [-0.4, -0.2) is 55.0 Å². The van der Waals surface area contributed by atoms with Crippen LogP contribution in [0.1, 0.15) is 22.3 Å². The van der Waals surface area contributed by atoms with Gasteiger partial charge >= 0.3 is 0 Å². The van der Waals surface area contributed by atoms with Crippen LogP contribution >= 0.6 is 0 Å². The van der Waals surface area contributed by atoms with E-state index in [2.05, 4.69) is 54.8 Å². The average molecular weight is 351 g/mol. The SMILES string of the molecule is Cc1ccccc1C(=N)N1CCN(CCOc2c(C)cccc2C)CC1. The Hall–Kier alpha value is -2.33. The number of hydrogen-bond donors (Lipinski definition) is 1. The van der Waals surface area contributed by atoms with Gasteiger partial charge in [-0.05, 0) is 37.5 Å². The van der Waals surface area contributed by atoms with E-state index in [1.807, 2.05) is 18.2 Å². The monoisotopic (exact) mass is 351 g/mol. The Bertz CT molecular complexity index is 743. The quantitative estimate of drug-likeness (QED) is 0.660. The summed E-state index contributed by atoms with van der Waals surface area (Å²) in [5.41, 5.74) is 4.60. The number of nitrogens with one attached hydrogen (secondary N) is 1. The number of amidine groups is 1. The highest BCUT2D eigenvalue weighted by Crippen LogP contribution is 2.22. The molecular formula is C22H29N3O. The molecule has 0 bridgehead atoms. The van der Waals surface area contributed by atoms with Crippen molar-refractivity contribution >= 4 is 5.84 Å². The Morgan fingerprint density at radius 2 is 1.50 bits per heavy atom. The Labute approximate surface area is 156 Å². The summed E-state index contributed by atoms with van der Waals surface area (Å²) >= 11 is 0. The highest BCUT2D eigenvalue weighted by atomic mass is 16.5. The first-order valence-electron chi connectivity index (χ1n) is 9.37. The molecule has 0 amide bonds. The number of piperazine rings is 1. The molecule has 0 aliphatic carbocycles. The molecule has 4 nitrogen and oxygen atoms in total. The lowest BCUT2D eigenvalue weighted by atomic mass is 10.1. The molecule has 0 saturated carbocycles. The summed E-state index contributed by atoms with van der Waals surface area (Å²) in [6.07, 6.45) is 0. The van der Waals surface area contributed by atoms with Crippen molar-refractivity contribution in [3.63, 3.8) is 0 Å². The summed E-state index contributed by atoms with van der Waals surface area (Å²) in [5.74, 6) is 1.67. The number of ether oxygens (including phenoxy) is 1. The van der Waals surface area contributed by atoms with Crippen LogP contribution in [0.15, 0.2) is 42.5 Å². The van der Waals surface area contributed by atoms with E-state index in [4.69, 9.17) is 10.1 Å². The van der Waals surface area contributed by atoms with Crippen molar-refractivity contribution in [3.05, 3.63) is 64.7 Å². The van der Waals surface area contributed by atoms with E-state index in [0.717, 1.165) is 44.0 Å². The fourth-order valence-electron chi connectivity index (χ4n) is 3.51. The molecular weight excluding hydrogens is 322 g/mol. The number of rotatable bonds is 5. The van der Waals surface area contributed by atoms with E-state index in [1.54, 1.807) is 0 Å². The van der Waals surface area contributed by atoms with Crippen molar-refractivity contribution in [2.45, 2.75) is 20.8 Å². The topological polar surface area (TPSA) is 39.6 Å². The standard InChI is InChI=1S/C22H29N3O/c1-17-7-4-5-10-20(17)22(23)25-13-11-24(12-14-25)15-16-26-21-18(2)8-6-9-19(21)3/h4-10,23H,11-16H2,1-3H3. The number of benzene rings is 2. The molecule has 0 aromatic heterocycles. The first-order chi connectivity index (χ1) is 12.6. The summed E-state index contributed by atoms with van der Waals surface area (Å²) in [7, 11) is 0. The van der Waals surface area contributed by atoms with Crippen molar-refractivity contribution in [3.8, 4) is 5.75 Å². The fourth-order valence-corrected chi connectivity index (χ4v) is 3.51. The van der Waals surface area contributed by atoms with E-state index in [9.17, 15) is 0 Å². The lowest BCUT2D eigenvalue weighted by molar-refractivity contribution is 0.153. The third kappa shape index (κ3) is 4.25. The van der Waals surface area contributed by atoms with E-state index in [-0.39, 0.29) is 0 Å². The number of aryl methyl sites for hydroxylation is 3. The summed E-state index contributed by atoms with van der Waals surface area (Å²) in [6.45, 7) is 11.7. The van der Waals surface area contributed by atoms with Gasteiger partial charge in [-0.25, -0.2) is 0 Å². The van der Waals surface area contributed by atoms with Crippen LogP contribution in [0.25, 0.3) is 0 Å². The molecule has 0 atom stereocenters. The zero-order valence-corrected chi connectivity index (χ0v) is 16.1. The van der Waals surface area contributed by atoms with E-state index >= 15 is 0 Å². The molecule has 1 fully saturated rings. The Balaban J connectivity index is 1.47. The van der Waals surface area contributed by atoms with Crippen molar-refractivity contribution < 1.29 is 4.74 Å². The molecule has 138 valence electrons. The van der Waals surface area contributed by atoms with Gasteiger partial charge in [0.1, 0.15) is 18.2 Å². The zero-order valence-electron chi connectivity index (χ0n) is 16.1. The summed E-state index contributed by atoms with van der Waals surface area (Å²) in [4.78, 5) is 4.61. The van der Waals surface area contributed by atoms with Crippen LogP contribution < -0.4 is 4.74 Å². The predicted octanol–water partition coefficient (Wildman–Crippen LogP) is 3.63. The number of hydrogen-bond acceptors (Lipinski definition) is 3. The van der Waals surface area contributed by atoms with Crippen LogP contribution in [0.4, 0.5) is 0 Å². The first kappa shape index (κ1) is 18.5. The van der Waals surface area contributed by atoms with Gasteiger partial charge in [0.05, 0.1) is 0 Å². The molecule has 1 heterocycles. The molecule has 26 heavy (non-hydrogen) atoms. The van der Waals surface area contributed by atoms with Crippen molar-refractivity contribution in [2.75, 3.05) is 39.3 Å². The smallest absolute Gasteiger partial charge is 0.128 e. The van der Waals surface area contributed by atoms with Crippen molar-refractivity contribution in [2.24, 2.45) is 0 Å². The molecule has 3 rings (SSSR count). The first-order valence-corrected chi connectivity index (χ1v) is 9.37. The highest BCUT2D eigenvalue weighted by molar-refractivity contribution is 5.97. The second-order valence-electron chi connectivity index (χ2n) is 7.06. The van der Waals surface area contributed by atoms with Crippen LogP contribution in [0.5, 0.6) is 5.75 Å². The minimum atomic E-state index is 0.648. The van der Waals surface area contributed by atoms with Crippen molar-refractivity contribution in [1.82, 2.24) is 9.80 Å². The number of nitrogens with zero attached hydrogens (tertiary/aromatic N) is 2. The van der Waals surface area contributed by atoms with E-state index in [1.165, 1.54) is 16.7 Å².